The van der Waals surface area contributed by atoms with Gasteiger partial charge in [0.1, 0.15) is 5.56 Å². The van der Waals surface area contributed by atoms with Crippen molar-refractivity contribution in [1.82, 2.24) is 10.3 Å². The number of carbonyl (C=O) groups is 1. The van der Waals surface area contributed by atoms with E-state index in [0.717, 1.165) is 5.56 Å². The average Bonchev–Trinajstić information content (AvgIpc) is 2.59. The molecule has 0 aliphatic carbocycles. The third kappa shape index (κ3) is 3.00. The van der Waals surface area contributed by atoms with E-state index in [1.807, 2.05) is 30.3 Å². The van der Waals surface area contributed by atoms with Crippen LogP contribution in [0.2, 0.25) is 0 Å². The average molecular weight is 308 g/mol. The third-order valence-electron chi connectivity index (χ3n) is 3.71. The van der Waals surface area contributed by atoms with E-state index in [-0.39, 0.29) is 12.2 Å². The molecule has 3 rings (SSSR count). The zero-order chi connectivity index (χ0) is 16.2. The second-order valence-electron chi connectivity index (χ2n) is 5.18. The van der Waals surface area contributed by atoms with E-state index < -0.39 is 11.5 Å². The molecule has 1 heterocycles. The summed E-state index contributed by atoms with van der Waals surface area (Å²) in [7, 11) is 0. The Kier molecular flexibility index (Phi) is 4.21. The zero-order valence-corrected chi connectivity index (χ0v) is 12.4. The lowest BCUT2D eigenvalue weighted by molar-refractivity contribution is 0.0946. The third-order valence-corrected chi connectivity index (χ3v) is 3.71. The van der Waals surface area contributed by atoms with Crippen LogP contribution in [0.3, 0.4) is 0 Å². The molecule has 0 spiro atoms. The summed E-state index contributed by atoms with van der Waals surface area (Å²) in [6.07, 6.45) is 0. The maximum atomic E-state index is 12.4. The molecule has 0 atom stereocenters. The van der Waals surface area contributed by atoms with Crippen molar-refractivity contribution in [3.8, 4) is 0 Å². The number of carbonyl (C=O) groups excluding carboxylic acids is 1. The van der Waals surface area contributed by atoms with Gasteiger partial charge in [0.05, 0.1) is 6.61 Å². The molecule has 116 valence electrons. The Hall–Kier alpha value is -2.92. The molecule has 0 unspecified atom stereocenters. The lowest BCUT2D eigenvalue weighted by Gasteiger charge is -2.11. The maximum Gasteiger partial charge on any atom is 0.261 e. The maximum absolute atomic E-state index is 12.4. The molecule has 0 fully saturated rings. The Labute approximate surface area is 132 Å². The summed E-state index contributed by atoms with van der Waals surface area (Å²) in [6.45, 7) is -0.0602. The van der Waals surface area contributed by atoms with Crippen molar-refractivity contribution < 1.29 is 9.90 Å². The summed E-state index contributed by atoms with van der Waals surface area (Å²) in [5, 5.41) is 13.0. The van der Waals surface area contributed by atoms with Crippen molar-refractivity contribution in [2.24, 2.45) is 0 Å². The molecule has 0 saturated heterocycles. The summed E-state index contributed by atoms with van der Waals surface area (Å²) in [4.78, 5) is 27.3. The largest absolute Gasteiger partial charge is 0.392 e. The molecule has 2 aromatic carbocycles. The van der Waals surface area contributed by atoms with E-state index >= 15 is 0 Å². The molecular formula is C18H16N2O3. The number of benzene rings is 2. The van der Waals surface area contributed by atoms with Crippen LogP contribution in [0.25, 0.3) is 10.9 Å². The van der Waals surface area contributed by atoms with Gasteiger partial charge in [-0.15, -0.1) is 0 Å². The summed E-state index contributed by atoms with van der Waals surface area (Å²) in [6, 6.07) is 16.5. The summed E-state index contributed by atoms with van der Waals surface area (Å²) >= 11 is 0. The van der Waals surface area contributed by atoms with Crippen molar-refractivity contribution in [2.45, 2.75) is 13.2 Å². The molecule has 0 saturated carbocycles. The van der Waals surface area contributed by atoms with Crippen LogP contribution in [-0.4, -0.2) is 16.0 Å². The topological polar surface area (TPSA) is 82.2 Å². The van der Waals surface area contributed by atoms with E-state index in [2.05, 4.69) is 10.3 Å². The molecule has 0 aliphatic heterocycles. The van der Waals surface area contributed by atoms with E-state index in [9.17, 15) is 14.7 Å². The quantitative estimate of drug-likeness (QED) is 0.689. The molecule has 5 heteroatoms. The molecule has 0 aliphatic rings. The van der Waals surface area contributed by atoms with Gasteiger partial charge in [0, 0.05) is 23.0 Å². The predicted molar refractivity (Wildman–Crippen MR) is 88.1 cm³/mol. The molecule has 5 nitrogen and oxygen atoms in total. The number of aliphatic hydroxyl groups excluding tert-OH is 1. The standard InChI is InChI=1S/C18H16N2O3/c21-11-14-13-8-4-5-9-15(13)20-18(23)16(14)17(22)19-10-12-6-2-1-3-7-12/h1-9,21H,10-11H2,(H,19,22)(H,20,23). The fraction of sp³-hybridized carbons (Fsp3) is 0.111. The Morgan fingerprint density at radius 1 is 1.04 bits per heavy atom. The van der Waals surface area contributed by atoms with Gasteiger partial charge < -0.3 is 15.4 Å². The van der Waals surface area contributed by atoms with Gasteiger partial charge in [0.2, 0.25) is 0 Å². The van der Waals surface area contributed by atoms with Crippen LogP contribution >= 0.6 is 0 Å². The van der Waals surface area contributed by atoms with Crippen molar-refractivity contribution in [1.29, 1.82) is 0 Å². The molecule has 23 heavy (non-hydrogen) atoms. The minimum Gasteiger partial charge on any atom is -0.392 e. The number of aliphatic hydroxyl groups is 1. The summed E-state index contributed by atoms with van der Waals surface area (Å²) < 4.78 is 0. The highest BCUT2D eigenvalue weighted by atomic mass is 16.3. The van der Waals surface area contributed by atoms with Crippen LogP contribution in [0.1, 0.15) is 21.5 Å². The number of pyridine rings is 1. The van der Waals surface area contributed by atoms with Gasteiger partial charge in [-0.2, -0.15) is 0 Å². The molecular weight excluding hydrogens is 292 g/mol. The van der Waals surface area contributed by atoms with Gasteiger partial charge in [-0.3, -0.25) is 9.59 Å². The normalized spacial score (nSPS) is 10.7. The SMILES string of the molecule is O=C(NCc1ccccc1)c1c(CO)c2ccccc2[nH]c1=O. The zero-order valence-electron chi connectivity index (χ0n) is 12.4. The van der Waals surface area contributed by atoms with Gasteiger partial charge in [-0.25, -0.2) is 0 Å². The van der Waals surface area contributed by atoms with E-state index in [1.165, 1.54) is 0 Å². The first-order valence-corrected chi connectivity index (χ1v) is 7.27. The molecule has 3 N–H and O–H groups in total. The highest BCUT2D eigenvalue weighted by Crippen LogP contribution is 2.18. The van der Waals surface area contributed by atoms with Crippen LogP contribution < -0.4 is 10.9 Å². The number of hydrogen-bond donors (Lipinski definition) is 3. The number of hydrogen-bond acceptors (Lipinski definition) is 3. The molecule has 0 radical (unpaired) electrons. The van der Waals surface area contributed by atoms with Crippen molar-refractivity contribution in [3.63, 3.8) is 0 Å². The predicted octanol–water partition coefficient (Wildman–Crippen LogP) is 1.95. The van der Waals surface area contributed by atoms with Crippen LogP contribution in [0.4, 0.5) is 0 Å². The molecule has 1 aromatic heterocycles. The lowest BCUT2D eigenvalue weighted by Crippen LogP contribution is -2.31. The smallest absolute Gasteiger partial charge is 0.261 e. The Morgan fingerprint density at radius 3 is 2.48 bits per heavy atom. The minimum atomic E-state index is -0.502. The highest BCUT2D eigenvalue weighted by Gasteiger charge is 2.18. The van der Waals surface area contributed by atoms with Gasteiger partial charge in [0.15, 0.2) is 0 Å². The number of aromatic nitrogens is 1. The molecule has 1 amide bonds. The summed E-state index contributed by atoms with van der Waals surface area (Å²) in [5.74, 6) is -0.495. The number of fused-ring (bicyclic) bond motifs is 1. The number of nitrogens with one attached hydrogen (secondary N) is 2. The first-order chi connectivity index (χ1) is 11.2. The van der Waals surface area contributed by atoms with E-state index in [4.69, 9.17) is 0 Å². The van der Waals surface area contributed by atoms with Crippen molar-refractivity contribution in [2.75, 3.05) is 0 Å². The van der Waals surface area contributed by atoms with Crippen LogP contribution in [0.15, 0.2) is 59.4 Å². The van der Waals surface area contributed by atoms with E-state index in [1.54, 1.807) is 24.3 Å². The van der Waals surface area contributed by atoms with Gasteiger partial charge in [-0.05, 0) is 11.6 Å². The first-order valence-electron chi connectivity index (χ1n) is 7.27. The summed E-state index contributed by atoms with van der Waals surface area (Å²) in [5.41, 5.74) is 1.33. The van der Waals surface area contributed by atoms with Crippen LogP contribution in [0, 0.1) is 0 Å². The van der Waals surface area contributed by atoms with Crippen LogP contribution in [0.5, 0.6) is 0 Å². The number of para-hydroxylation sites is 1. The molecule has 0 bridgehead atoms. The number of aromatic amines is 1. The van der Waals surface area contributed by atoms with Gasteiger partial charge in [0.25, 0.3) is 11.5 Å². The second kappa shape index (κ2) is 6.46. The minimum absolute atomic E-state index is 0.0397. The van der Waals surface area contributed by atoms with Crippen molar-refractivity contribution in [3.05, 3.63) is 81.6 Å². The lowest BCUT2D eigenvalue weighted by atomic mass is 10.0. The number of rotatable bonds is 4. The van der Waals surface area contributed by atoms with Gasteiger partial charge >= 0.3 is 0 Å². The number of H-pyrrole nitrogens is 1. The number of amides is 1. The first kappa shape index (κ1) is 15.0. The van der Waals surface area contributed by atoms with Crippen LogP contribution in [-0.2, 0) is 13.2 Å². The second-order valence-corrected chi connectivity index (χ2v) is 5.18. The highest BCUT2D eigenvalue weighted by molar-refractivity contribution is 5.99. The fourth-order valence-electron chi connectivity index (χ4n) is 2.58. The Morgan fingerprint density at radius 2 is 1.74 bits per heavy atom. The molecule has 3 aromatic rings. The van der Waals surface area contributed by atoms with Crippen molar-refractivity contribution >= 4 is 16.8 Å². The fourth-order valence-corrected chi connectivity index (χ4v) is 2.58. The van der Waals surface area contributed by atoms with E-state index in [0.29, 0.717) is 23.0 Å². The Balaban J connectivity index is 1.97. The van der Waals surface area contributed by atoms with Gasteiger partial charge in [-0.1, -0.05) is 48.5 Å². The Bertz CT molecular complexity index is 901. The monoisotopic (exact) mass is 308 g/mol.